The van der Waals surface area contributed by atoms with Crippen LogP contribution in [0.15, 0.2) is 36.9 Å². The molecule has 1 aromatic carbocycles. The van der Waals surface area contributed by atoms with Crippen LogP contribution in [-0.2, 0) is 13.0 Å². The first-order valence-corrected chi connectivity index (χ1v) is 6.54. The highest BCUT2D eigenvalue weighted by Gasteiger charge is 2.00. The van der Waals surface area contributed by atoms with Gasteiger partial charge in [-0.1, -0.05) is 44.2 Å². The van der Waals surface area contributed by atoms with Gasteiger partial charge in [0.05, 0.1) is 0 Å². The number of nitrogens with one attached hydrogen (secondary N) is 1. The Bertz CT molecular complexity index is 324. The van der Waals surface area contributed by atoms with Crippen molar-refractivity contribution in [3.63, 3.8) is 0 Å². The lowest BCUT2D eigenvalue weighted by Gasteiger charge is -2.12. The fourth-order valence-corrected chi connectivity index (χ4v) is 1.89. The zero-order valence-electron chi connectivity index (χ0n) is 11.4. The molecule has 0 heterocycles. The van der Waals surface area contributed by atoms with Crippen molar-refractivity contribution < 1.29 is 0 Å². The molecule has 1 N–H and O–H groups in total. The minimum atomic E-state index is 0.503. The zero-order chi connectivity index (χ0) is 12.7. The largest absolute Gasteiger partial charge is 0.310 e. The second-order valence-corrected chi connectivity index (χ2v) is 5.22. The molecule has 0 saturated heterocycles. The molecule has 0 amide bonds. The van der Waals surface area contributed by atoms with Crippen molar-refractivity contribution in [1.82, 2.24) is 5.32 Å². The maximum Gasteiger partial charge on any atom is 0.0208 e. The van der Waals surface area contributed by atoms with Crippen molar-refractivity contribution in [1.29, 1.82) is 0 Å². The molecule has 0 aromatic heterocycles. The van der Waals surface area contributed by atoms with Crippen molar-refractivity contribution in [3.8, 4) is 0 Å². The van der Waals surface area contributed by atoms with Crippen LogP contribution >= 0.6 is 0 Å². The van der Waals surface area contributed by atoms with Gasteiger partial charge in [0.2, 0.25) is 0 Å². The van der Waals surface area contributed by atoms with E-state index in [1.165, 1.54) is 17.5 Å². The molecule has 0 spiro atoms. The van der Waals surface area contributed by atoms with Crippen LogP contribution < -0.4 is 5.32 Å². The molecule has 17 heavy (non-hydrogen) atoms. The van der Waals surface area contributed by atoms with Gasteiger partial charge in [0.1, 0.15) is 0 Å². The maximum atomic E-state index is 3.75. The number of rotatable bonds is 7. The van der Waals surface area contributed by atoms with Gasteiger partial charge >= 0.3 is 0 Å². The van der Waals surface area contributed by atoms with E-state index in [4.69, 9.17) is 0 Å². The Kier molecular flexibility index (Phi) is 5.99. The van der Waals surface area contributed by atoms with Crippen molar-refractivity contribution in [3.05, 3.63) is 48.0 Å². The Labute approximate surface area is 106 Å². The molecule has 1 heteroatoms. The van der Waals surface area contributed by atoms with Crippen LogP contribution in [0.25, 0.3) is 0 Å². The van der Waals surface area contributed by atoms with Gasteiger partial charge in [-0.3, -0.25) is 0 Å². The molecule has 1 nitrogen and oxygen atoms in total. The van der Waals surface area contributed by atoms with Crippen molar-refractivity contribution in [2.75, 3.05) is 0 Å². The summed E-state index contributed by atoms with van der Waals surface area (Å²) >= 11 is 0. The summed E-state index contributed by atoms with van der Waals surface area (Å²) in [6, 6.07) is 9.45. The van der Waals surface area contributed by atoms with Gasteiger partial charge in [0.15, 0.2) is 0 Å². The lowest BCUT2D eigenvalue weighted by atomic mass is 10.0. The van der Waals surface area contributed by atoms with Gasteiger partial charge in [-0.25, -0.2) is 0 Å². The lowest BCUT2D eigenvalue weighted by Crippen LogP contribution is -2.24. The summed E-state index contributed by atoms with van der Waals surface area (Å²) in [6.07, 6.45) is 4.15. The Balaban J connectivity index is 2.42. The van der Waals surface area contributed by atoms with Gasteiger partial charge in [-0.05, 0) is 36.8 Å². The van der Waals surface area contributed by atoms with E-state index >= 15 is 0 Å². The first-order valence-electron chi connectivity index (χ1n) is 6.54. The second kappa shape index (κ2) is 7.29. The molecule has 0 saturated carbocycles. The zero-order valence-corrected chi connectivity index (χ0v) is 11.4. The number of hydrogen-bond acceptors (Lipinski definition) is 1. The third-order valence-corrected chi connectivity index (χ3v) is 2.84. The van der Waals surface area contributed by atoms with Crippen LogP contribution in [0.3, 0.4) is 0 Å². The maximum absolute atomic E-state index is 3.75. The van der Waals surface area contributed by atoms with Crippen LogP contribution in [0.1, 0.15) is 38.3 Å². The summed E-state index contributed by atoms with van der Waals surface area (Å²) in [5, 5.41) is 3.49. The van der Waals surface area contributed by atoms with Gasteiger partial charge in [0, 0.05) is 12.6 Å². The standard InChI is InChI=1S/C16H25N/c1-5-6-14(4)17-12-16-9-7-15(8-10-16)11-13(2)3/h5,7-10,13-14,17H,1,6,11-12H2,2-4H3. The summed E-state index contributed by atoms with van der Waals surface area (Å²) in [7, 11) is 0. The van der Waals surface area contributed by atoms with Gasteiger partial charge in [0.25, 0.3) is 0 Å². The molecule has 0 bridgehead atoms. The van der Waals surface area contributed by atoms with Crippen LogP contribution in [0, 0.1) is 5.92 Å². The molecule has 0 aliphatic rings. The molecular weight excluding hydrogens is 206 g/mol. The summed E-state index contributed by atoms with van der Waals surface area (Å²) in [6.45, 7) is 11.4. The Morgan fingerprint density at radius 3 is 2.24 bits per heavy atom. The predicted octanol–water partition coefficient (Wildman–Crippen LogP) is 3.94. The smallest absolute Gasteiger partial charge is 0.0208 e. The van der Waals surface area contributed by atoms with E-state index in [-0.39, 0.29) is 0 Å². The molecule has 1 rings (SSSR count). The molecule has 0 aliphatic carbocycles. The fourth-order valence-electron chi connectivity index (χ4n) is 1.89. The molecule has 1 unspecified atom stereocenters. The van der Waals surface area contributed by atoms with E-state index in [1.54, 1.807) is 0 Å². The average Bonchev–Trinajstić information content (AvgIpc) is 2.28. The van der Waals surface area contributed by atoms with Crippen molar-refractivity contribution in [2.24, 2.45) is 5.92 Å². The summed E-state index contributed by atoms with van der Waals surface area (Å²) in [5.74, 6) is 0.728. The van der Waals surface area contributed by atoms with Crippen LogP contribution in [0.4, 0.5) is 0 Å². The van der Waals surface area contributed by atoms with Crippen LogP contribution in [0.5, 0.6) is 0 Å². The SMILES string of the molecule is C=CCC(C)NCc1ccc(CC(C)C)cc1. The fraction of sp³-hybridized carbons (Fsp3) is 0.500. The third kappa shape index (κ3) is 5.69. The molecular formula is C16H25N. The Hall–Kier alpha value is -1.08. The lowest BCUT2D eigenvalue weighted by molar-refractivity contribution is 0.553. The van der Waals surface area contributed by atoms with E-state index in [9.17, 15) is 0 Å². The first kappa shape index (κ1) is 14.0. The molecule has 1 atom stereocenters. The highest BCUT2D eigenvalue weighted by atomic mass is 14.9. The number of benzene rings is 1. The quantitative estimate of drug-likeness (QED) is 0.701. The monoisotopic (exact) mass is 231 g/mol. The van der Waals surface area contributed by atoms with E-state index in [0.29, 0.717) is 6.04 Å². The summed E-state index contributed by atoms with van der Waals surface area (Å²) < 4.78 is 0. The van der Waals surface area contributed by atoms with Crippen molar-refractivity contribution in [2.45, 2.75) is 46.2 Å². The number of hydrogen-bond donors (Lipinski definition) is 1. The second-order valence-electron chi connectivity index (χ2n) is 5.22. The molecule has 1 aromatic rings. The van der Waals surface area contributed by atoms with E-state index in [1.807, 2.05) is 6.08 Å². The predicted molar refractivity (Wildman–Crippen MR) is 76.1 cm³/mol. The van der Waals surface area contributed by atoms with Gasteiger partial charge in [-0.2, -0.15) is 0 Å². The van der Waals surface area contributed by atoms with Crippen LogP contribution in [0.2, 0.25) is 0 Å². The molecule has 0 fully saturated rings. The van der Waals surface area contributed by atoms with Gasteiger partial charge < -0.3 is 5.32 Å². The normalized spacial score (nSPS) is 12.7. The van der Waals surface area contributed by atoms with Crippen molar-refractivity contribution >= 4 is 0 Å². The average molecular weight is 231 g/mol. The minimum Gasteiger partial charge on any atom is -0.310 e. The summed E-state index contributed by atoms with van der Waals surface area (Å²) in [4.78, 5) is 0. The summed E-state index contributed by atoms with van der Waals surface area (Å²) in [5.41, 5.74) is 2.79. The first-order chi connectivity index (χ1) is 8.11. The molecule has 94 valence electrons. The highest BCUT2D eigenvalue weighted by molar-refractivity contribution is 5.22. The van der Waals surface area contributed by atoms with Gasteiger partial charge in [-0.15, -0.1) is 6.58 Å². The third-order valence-electron chi connectivity index (χ3n) is 2.84. The Morgan fingerprint density at radius 1 is 1.12 bits per heavy atom. The van der Waals surface area contributed by atoms with E-state index in [2.05, 4.69) is 56.9 Å². The highest BCUT2D eigenvalue weighted by Crippen LogP contribution is 2.10. The van der Waals surface area contributed by atoms with Crippen LogP contribution in [-0.4, -0.2) is 6.04 Å². The molecule has 0 radical (unpaired) electrons. The topological polar surface area (TPSA) is 12.0 Å². The Morgan fingerprint density at radius 2 is 1.71 bits per heavy atom. The minimum absolute atomic E-state index is 0.503. The van der Waals surface area contributed by atoms with E-state index < -0.39 is 0 Å². The van der Waals surface area contributed by atoms with E-state index in [0.717, 1.165) is 18.9 Å². The molecule has 0 aliphatic heterocycles.